The van der Waals surface area contributed by atoms with Crippen LogP contribution in [0.3, 0.4) is 0 Å². The molecule has 0 bridgehead atoms. The second-order valence-electron chi connectivity index (χ2n) is 9.25. The van der Waals surface area contributed by atoms with Crippen molar-refractivity contribution >= 4 is 17.9 Å². The van der Waals surface area contributed by atoms with Crippen LogP contribution in [0.1, 0.15) is 148 Å². The van der Waals surface area contributed by atoms with Gasteiger partial charge in [0.2, 0.25) is 0 Å². The van der Waals surface area contributed by atoms with Gasteiger partial charge in [-0.1, -0.05) is 110 Å². The van der Waals surface area contributed by atoms with E-state index in [2.05, 4.69) is 13.8 Å². The zero-order valence-corrected chi connectivity index (χ0v) is 21.9. The molecule has 0 spiro atoms. The molecule has 0 saturated carbocycles. The van der Waals surface area contributed by atoms with E-state index in [0.29, 0.717) is 0 Å². The average molecular weight is 491 g/mol. The molecule has 1 N–H and O–H groups in total. The van der Waals surface area contributed by atoms with Crippen molar-refractivity contribution in [1.82, 2.24) is 0 Å². The second kappa shape index (κ2) is 19.9. The number of esters is 2. The molecule has 6 nitrogen and oxygen atoms in total. The smallest absolute Gasteiger partial charge is 0.339 e. The molecule has 198 valence electrons. The zero-order valence-electron chi connectivity index (χ0n) is 21.9. The van der Waals surface area contributed by atoms with E-state index in [4.69, 9.17) is 9.47 Å². The summed E-state index contributed by atoms with van der Waals surface area (Å²) in [5, 5.41) is 9.69. The third-order valence-electron chi connectivity index (χ3n) is 6.18. The molecule has 0 fully saturated rings. The van der Waals surface area contributed by atoms with Crippen molar-refractivity contribution in [2.24, 2.45) is 0 Å². The maximum absolute atomic E-state index is 12.5. The van der Waals surface area contributed by atoms with Gasteiger partial charge in [-0.05, 0) is 25.0 Å². The molecule has 0 radical (unpaired) electrons. The van der Waals surface area contributed by atoms with Crippen molar-refractivity contribution in [3.05, 3.63) is 34.9 Å². The Morgan fingerprint density at radius 2 is 0.943 bits per heavy atom. The first kappa shape index (κ1) is 30.7. The quantitative estimate of drug-likeness (QED) is 0.139. The molecule has 1 aromatic rings. The molecule has 1 aromatic carbocycles. The number of carboxylic acid groups (broad SMARTS) is 1. The van der Waals surface area contributed by atoms with E-state index in [0.717, 1.165) is 38.5 Å². The minimum Gasteiger partial charge on any atom is -0.478 e. The van der Waals surface area contributed by atoms with Gasteiger partial charge in [0.25, 0.3) is 0 Å². The van der Waals surface area contributed by atoms with Gasteiger partial charge in [0.05, 0.1) is 29.9 Å². The predicted molar refractivity (Wildman–Crippen MR) is 139 cm³/mol. The highest BCUT2D eigenvalue weighted by atomic mass is 16.5. The van der Waals surface area contributed by atoms with Crippen LogP contribution in [-0.4, -0.2) is 36.2 Å². The first-order chi connectivity index (χ1) is 17.0. The molecule has 0 aliphatic rings. The van der Waals surface area contributed by atoms with Crippen molar-refractivity contribution in [2.45, 2.75) is 117 Å². The van der Waals surface area contributed by atoms with Crippen LogP contribution in [0.4, 0.5) is 0 Å². The summed E-state index contributed by atoms with van der Waals surface area (Å²) in [4.78, 5) is 37.0. The molecule has 0 aliphatic heterocycles. The summed E-state index contributed by atoms with van der Waals surface area (Å²) < 4.78 is 10.6. The van der Waals surface area contributed by atoms with Gasteiger partial charge >= 0.3 is 17.9 Å². The topological polar surface area (TPSA) is 89.9 Å². The first-order valence-corrected chi connectivity index (χ1v) is 13.7. The van der Waals surface area contributed by atoms with E-state index >= 15 is 0 Å². The molecule has 0 atom stereocenters. The van der Waals surface area contributed by atoms with Crippen LogP contribution in [0.15, 0.2) is 18.2 Å². The molecule has 1 rings (SSSR count). The van der Waals surface area contributed by atoms with E-state index in [1.54, 1.807) is 0 Å². The van der Waals surface area contributed by atoms with Gasteiger partial charge in [-0.3, -0.25) is 0 Å². The van der Waals surface area contributed by atoms with Gasteiger partial charge in [0, 0.05) is 0 Å². The number of carbonyl (C=O) groups excluding carboxylic acids is 2. The largest absolute Gasteiger partial charge is 0.478 e. The number of carboxylic acids is 1. The molecule has 0 amide bonds. The summed E-state index contributed by atoms with van der Waals surface area (Å²) in [6.07, 6.45) is 18.0. The van der Waals surface area contributed by atoms with Crippen LogP contribution >= 0.6 is 0 Å². The molecule has 0 heterocycles. The van der Waals surface area contributed by atoms with Gasteiger partial charge in [0.15, 0.2) is 0 Å². The number of ether oxygens (including phenoxy) is 2. The summed E-state index contributed by atoms with van der Waals surface area (Å²) in [6, 6.07) is 4.26. The van der Waals surface area contributed by atoms with E-state index in [1.165, 1.54) is 82.4 Å². The lowest BCUT2D eigenvalue weighted by molar-refractivity contribution is 0.0476. The number of aromatic carboxylic acids is 1. The van der Waals surface area contributed by atoms with Crippen LogP contribution in [-0.2, 0) is 9.47 Å². The molecule has 0 saturated heterocycles. The minimum atomic E-state index is -1.34. The van der Waals surface area contributed by atoms with Gasteiger partial charge in [0.1, 0.15) is 0 Å². The number of rotatable bonds is 21. The molecular weight excluding hydrogens is 444 g/mol. The fraction of sp³-hybridized carbons (Fsp3) is 0.690. The molecular formula is C29H46O6. The van der Waals surface area contributed by atoms with Gasteiger partial charge in [-0.25, -0.2) is 14.4 Å². The minimum absolute atomic E-state index is 0.112. The van der Waals surface area contributed by atoms with Crippen LogP contribution in [0, 0.1) is 0 Å². The van der Waals surface area contributed by atoms with Gasteiger partial charge < -0.3 is 14.6 Å². The van der Waals surface area contributed by atoms with Crippen molar-refractivity contribution in [2.75, 3.05) is 13.2 Å². The highest BCUT2D eigenvalue weighted by Gasteiger charge is 2.25. The number of carbonyl (C=O) groups is 3. The van der Waals surface area contributed by atoms with E-state index in [9.17, 15) is 19.5 Å². The van der Waals surface area contributed by atoms with E-state index in [1.807, 2.05) is 0 Å². The maximum Gasteiger partial charge on any atom is 0.339 e. The number of unbranched alkanes of at least 4 members (excludes halogenated alkanes) is 14. The summed E-state index contributed by atoms with van der Waals surface area (Å²) in [5.74, 6) is -2.78. The Hall–Kier alpha value is -2.37. The third-order valence-corrected chi connectivity index (χ3v) is 6.18. The Kier molecular flexibility index (Phi) is 17.4. The Morgan fingerprint density at radius 3 is 1.29 bits per heavy atom. The van der Waals surface area contributed by atoms with Crippen LogP contribution in [0.2, 0.25) is 0 Å². The maximum atomic E-state index is 12.5. The Balaban J connectivity index is 2.46. The molecule has 0 unspecified atom stereocenters. The normalized spacial score (nSPS) is 10.8. The van der Waals surface area contributed by atoms with Gasteiger partial charge in [-0.15, -0.1) is 0 Å². The monoisotopic (exact) mass is 490 g/mol. The van der Waals surface area contributed by atoms with Crippen LogP contribution < -0.4 is 0 Å². The zero-order chi connectivity index (χ0) is 25.7. The number of hydrogen-bond acceptors (Lipinski definition) is 5. The lowest BCUT2D eigenvalue weighted by Crippen LogP contribution is -2.18. The number of hydrogen-bond donors (Lipinski definition) is 1. The van der Waals surface area contributed by atoms with E-state index in [-0.39, 0.29) is 29.9 Å². The molecule has 0 aromatic heterocycles. The second-order valence-corrected chi connectivity index (χ2v) is 9.25. The number of benzene rings is 1. The summed E-state index contributed by atoms with van der Waals surface area (Å²) in [7, 11) is 0. The van der Waals surface area contributed by atoms with Gasteiger partial charge in [-0.2, -0.15) is 0 Å². The highest BCUT2D eigenvalue weighted by Crippen LogP contribution is 2.19. The predicted octanol–water partition coefficient (Wildman–Crippen LogP) is 7.98. The Labute approximate surface area is 211 Å². The molecule has 0 aliphatic carbocycles. The van der Waals surface area contributed by atoms with Crippen LogP contribution in [0.25, 0.3) is 0 Å². The Bertz CT molecular complexity index is 690. The molecule has 35 heavy (non-hydrogen) atoms. The lowest BCUT2D eigenvalue weighted by Gasteiger charge is -2.11. The SMILES string of the molecule is CCCCCCCCCCOC(=O)c1cccc(C(=O)OCCCCCCCCCC)c1C(=O)O. The van der Waals surface area contributed by atoms with Crippen molar-refractivity contribution in [1.29, 1.82) is 0 Å². The van der Waals surface area contributed by atoms with E-state index < -0.39 is 17.9 Å². The third kappa shape index (κ3) is 13.3. The summed E-state index contributed by atoms with van der Waals surface area (Å²) >= 11 is 0. The van der Waals surface area contributed by atoms with Crippen LogP contribution in [0.5, 0.6) is 0 Å². The first-order valence-electron chi connectivity index (χ1n) is 13.7. The fourth-order valence-electron chi connectivity index (χ4n) is 4.08. The fourth-order valence-corrected chi connectivity index (χ4v) is 4.08. The summed E-state index contributed by atoms with van der Waals surface area (Å²) in [5.41, 5.74) is -0.577. The highest BCUT2D eigenvalue weighted by molar-refractivity contribution is 6.09. The lowest BCUT2D eigenvalue weighted by atomic mass is 10.0. The average Bonchev–Trinajstić information content (AvgIpc) is 2.85. The van der Waals surface area contributed by atoms with Crippen molar-refractivity contribution in [3.63, 3.8) is 0 Å². The van der Waals surface area contributed by atoms with Crippen molar-refractivity contribution in [3.8, 4) is 0 Å². The Morgan fingerprint density at radius 1 is 0.600 bits per heavy atom. The van der Waals surface area contributed by atoms with Crippen molar-refractivity contribution < 1.29 is 29.0 Å². The summed E-state index contributed by atoms with van der Waals surface area (Å²) in [6.45, 7) is 4.86. The molecule has 6 heteroatoms. The standard InChI is InChI=1S/C29H46O6/c1-3-5-7-9-11-13-15-17-22-34-28(32)24-20-19-21-25(26(24)27(30)31)29(33)35-23-18-16-14-12-10-8-6-4-2/h19-21H,3-18,22-23H2,1-2H3,(H,30,31).